The van der Waals surface area contributed by atoms with E-state index in [1.807, 2.05) is 6.92 Å². The van der Waals surface area contributed by atoms with Crippen LogP contribution in [0.2, 0.25) is 0 Å². The molecule has 0 amide bonds. The Morgan fingerprint density at radius 1 is 1.27 bits per heavy atom. The second-order valence-electron chi connectivity index (χ2n) is 6.35. The monoisotopic (exact) mass is 302 g/mol. The molecule has 0 radical (unpaired) electrons. The van der Waals surface area contributed by atoms with Crippen molar-refractivity contribution in [1.29, 1.82) is 0 Å². The van der Waals surface area contributed by atoms with Crippen LogP contribution in [0.1, 0.15) is 31.7 Å². The third-order valence-electron chi connectivity index (χ3n) is 4.89. The number of hydrogen-bond donors (Lipinski definition) is 0. The van der Waals surface area contributed by atoms with Crippen molar-refractivity contribution in [3.63, 3.8) is 0 Å². The topological polar surface area (TPSA) is 32.8 Å². The van der Waals surface area contributed by atoms with Crippen LogP contribution in [-0.2, 0) is 16.0 Å². The molecule has 0 N–H and O–H groups in total. The van der Waals surface area contributed by atoms with Gasteiger partial charge in [-0.25, -0.2) is 0 Å². The second-order valence-corrected chi connectivity index (χ2v) is 6.35. The van der Waals surface area contributed by atoms with Crippen molar-refractivity contribution in [2.24, 2.45) is 5.92 Å². The number of ether oxygens (including phenoxy) is 1. The Morgan fingerprint density at radius 2 is 2.05 bits per heavy atom. The molecule has 1 aromatic rings. The van der Waals surface area contributed by atoms with Gasteiger partial charge in [0.05, 0.1) is 12.5 Å². The summed E-state index contributed by atoms with van der Waals surface area (Å²) in [5.74, 6) is 0.0641. The molecule has 1 aromatic carbocycles. The molecule has 0 aromatic heterocycles. The van der Waals surface area contributed by atoms with E-state index in [0.29, 0.717) is 6.61 Å². The van der Waals surface area contributed by atoms with Crippen molar-refractivity contribution in [2.75, 3.05) is 43.1 Å². The van der Waals surface area contributed by atoms with E-state index in [-0.39, 0.29) is 11.9 Å². The molecule has 2 aliphatic rings. The molecule has 2 heterocycles. The van der Waals surface area contributed by atoms with E-state index in [4.69, 9.17) is 4.74 Å². The van der Waals surface area contributed by atoms with Gasteiger partial charge in [0.25, 0.3) is 0 Å². The first kappa shape index (κ1) is 15.2. The lowest BCUT2D eigenvalue weighted by Gasteiger charge is -2.34. The lowest BCUT2D eigenvalue weighted by atomic mass is 9.95. The fraction of sp³-hybridized carbons (Fsp3) is 0.611. The predicted octanol–water partition coefficient (Wildman–Crippen LogP) is 2.85. The molecule has 120 valence electrons. The van der Waals surface area contributed by atoms with Crippen LogP contribution in [-0.4, -0.2) is 39.3 Å². The molecule has 0 spiro atoms. The Bertz CT molecular complexity index is 536. The molecule has 3 rings (SSSR count). The van der Waals surface area contributed by atoms with Gasteiger partial charge in [-0.1, -0.05) is 0 Å². The number of fused-ring (bicyclic) bond motifs is 1. The van der Waals surface area contributed by atoms with E-state index in [1.54, 1.807) is 0 Å². The van der Waals surface area contributed by atoms with Crippen LogP contribution >= 0.6 is 0 Å². The Morgan fingerprint density at radius 3 is 2.77 bits per heavy atom. The van der Waals surface area contributed by atoms with E-state index in [1.165, 1.54) is 29.8 Å². The first-order valence-corrected chi connectivity index (χ1v) is 8.44. The normalized spacial score (nSPS) is 19.0. The van der Waals surface area contributed by atoms with E-state index in [0.717, 1.165) is 32.5 Å². The van der Waals surface area contributed by atoms with Gasteiger partial charge >= 0.3 is 5.97 Å². The average molecular weight is 302 g/mol. The first-order chi connectivity index (χ1) is 10.7. The summed E-state index contributed by atoms with van der Waals surface area (Å²) < 4.78 is 5.15. The van der Waals surface area contributed by atoms with Gasteiger partial charge in [0.2, 0.25) is 0 Å². The third-order valence-corrected chi connectivity index (χ3v) is 4.89. The summed E-state index contributed by atoms with van der Waals surface area (Å²) in [7, 11) is 2.17. The van der Waals surface area contributed by atoms with Gasteiger partial charge in [0.1, 0.15) is 0 Å². The second kappa shape index (κ2) is 6.59. The predicted molar refractivity (Wildman–Crippen MR) is 89.6 cm³/mol. The largest absolute Gasteiger partial charge is 0.466 e. The highest BCUT2D eigenvalue weighted by atomic mass is 16.5. The molecule has 0 atom stereocenters. The molecular weight excluding hydrogens is 276 g/mol. The zero-order valence-electron chi connectivity index (χ0n) is 13.7. The zero-order chi connectivity index (χ0) is 15.5. The van der Waals surface area contributed by atoms with Crippen LogP contribution in [0, 0.1) is 5.92 Å². The number of piperidine rings is 1. The standard InChI is InChI=1S/C18H26N2O2/c1-3-22-18(21)14-8-11-20(12-9-14)16-6-7-17-15(13-16)5-4-10-19(17)2/h6-7,13-14H,3-5,8-12H2,1-2H3. The number of nitrogens with zero attached hydrogens (tertiary/aromatic N) is 2. The number of hydrogen-bond acceptors (Lipinski definition) is 4. The summed E-state index contributed by atoms with van der Waals surface area (Å²) in [6.07, 6.45) is 4.20. The van der Waals surface area contributed by atoms with Crippen LogP contribution < -0.4 is 9.80 Å². The summed E-state index contributed by atoms with van der Waals surface area (Å²) >= 11 is 0. The Hall–Kier alpha value is -1.71. The van der Waals surface area contributed by atoms with Gasteiger partial charge in [-0.2, -0.15) is 0 Å². The number of anilines is 2. The minimum Gasteiger partial charge on any atom is -0.466 e. The Balaban J connectivity index is 1.65. The summed E-state index contributed by atoms with van der Waals surface area (Å²) in [5.41, 5.74) is 4.13. The van der Waals surface area contributed by atoms with Crippen molar-refractivity contribution in [2.45, 2.75) is 32.6 Å². The van der Waals surface area contributed by atoms with Crippen LogP contribution in [0.4, 0.5) is 11.4 Å². The molecule has 4 heteroatoms. The van der Waals surface area contributed by atoms with Gasteiger partial charge in [-0.15, -0.1) is 0 Å². The van der Waals surface area contributed by atoms with E-state index in [9.17, 15) is 4.79 Å². The Kier molecular flexibility index (Phi) is 4.55. The lowest BCUT2D eigenvalue weighted by Crippen LogP contribution is -2.37. The SMILES string of the molecule is CCOC(=O)C1CCN(c2ccc3c(c2)CCCN3C)CC1. The summed E-state index contributed by atoms with van der Waals surface area (Å²) in [6.45, 7) is 5.39. The molecular formula is C18H26N2O2. The highest BCUT2D eigenvalue weighted by molar-refractivity contribution is 5.73. The van der Waals surface area contributed by atoms with Gasteiger partial charge in [0, 0.05) is 38.1 Å². The maximum Gasteiger partial charge on any atom is 0.309 e. The van der Waals surface area contributed by atoms with E-state index in [2.05, 4.69) is 35.0 Å². The molecule has 2 aliphatic heterocycles. The van der Waals surface area contributed by atoms with Gasteiger partial charge in [-0.05, 0) is 56.4 Å². The maximum absolute atomic E-state index is 11.8. The molecule has 0 aliphatic carbocycles. The molecule has 0 bridgehead atoms. The van der Waals surface area contributed by atoms with Crippen LogP contribution in [0.3, 0.4) is 0 Å². The van der Waals surface area contributed by atoms with Crippen LogP contribution in [0.15, 0.2) is 18.2 Å². The highest BCUT2D eigenvalue weighted by Gasteiger charge is 2.26. The third kappa shape index (κ3) is 3.06. The fourth-order valence-corrected chi connectivity index (χ4v) is 3.60. The molecule has 22 heavy (non-hydrogen) atoms. The summed E-state index contributed by atoms with van der Waals surface area (Å²) in [6, 6.07) is 6.82. The molecule has 1 fully saturated rings. The molecule has 0 unspecified atom stereocenters. The number of rotatable bonds is 3. The van der Waals surface area contributed by atoms with Gasteiger partial charge < -0.3 is 14.5 Å². The highest BCUT2D eigenvalue weighted by Crippen LogP contribution is 2.31. The first-order valence-electron chi connectivity index (χ1n) is 8.44. The van der Waals surface area contributed by atoms with Crippen molar-refractivity contribution in [3.05, 3.63) is 23.8 Å². The minimum absolute atomic E-state index is 0.0192. The molecule has 4 nitrogen and oxygen atoms in total. The van der Waals surface area contributed by atoms with Crippen molar-refractivity contribution < 1.29 is 9.53 Å². The van der Waals surface area contributed by atoms with Crippen molar-refractivity contribution in [1.82, 2.24) is 0 Å². The van der Waals surface area contributed by atoms with E-state index >= 15 is 0 Å². The van der Waals surface area contributed by atoms with Gasteiger partial charge in [-0.3, -0.25) is 4.79 Å². The number of aryl methyl sites for hydroxylation is 1. The minimum atomic E-state index is -0.0192. The average Bonchev–Trinajstić information content (AvgIpc) is 2.55. The van der Waals surface area contributed by atoms with Crippen LogP contribution in [0.25, 0.3) is 0 Å². The Labute approximate surface area is 133 Å². The fourth-order valence-electron chi connectivity index (χ4n) is 3.60. The quantitative estimate of drug-likeness (QED) is 0.804. The number of esters is 1. The lowest BCUT2D eigenvalue weighted by molar-refractivity contribution is -0.148. The molecule has 0 saturated carbocycles. The number of carbonyl (C=O) groups excluding carboxylic acids is 1. The van der Waals surface area contributed by atoms with Gasteiger partial charge in [0.15, 0.2) is 0 Å². The molecule has 1 saturated heterocycles. The van der Waals surface area contributed by atoms with Crippen molar-refractivity contribution in [3.8, 4) is 0 Å². The number of benzene rings is 1. The zero-order valence-corrected chi connectivity index (χ0v) is 13.7. The van der Waals surface area contributed by atoms with Crippen molar-refractivity contribution >= 4 is 17.3 Å². The number of carbonyl (C=O) groups is 1. The summed E-state index contributed by atoms with van der Waals surface area (Å²) in [5, 5.41) is 0. The maximum atomic E-state index is 11.8. The summed E-state index contributed by atoms with van der Waals surface area (Å²) in [4.78, 5) is 16.6. The smallest absolute Gasteiger partial charge is 0.309 e. The van der Waals surface area contributed by atoms with E-state index < -0.39 is 0 Å². The van der Waals surface area contributed by atoms with Crippen LogP contribution in [0.5, 0.6) is 0 Å².